The molecular formula is C27H22N2O2S2. The van der Waals surface area contributed by atoms with E-state index in [1.807, 2.05) is 104 Å². The van der Waals surface area contributed by atoms with Crippen LogP contribution >= 0.6 is 24.0 Å². The van der Waals surface area contributed by atoms with E-state index in [1.54, 1.807) is 0 Å². The van der Waals surface area contributed by atoms with Gasteiger partial charge in [-0.3, -0.25) is 14.5 Å². The van der Waals surface area contributed by atoms with Crippen molar-refractivity contribution in [2.24, 2.45) is 0 Å². The predicted molar refractivity (Wildman–Crippen MR) is 141 cm³/mol. The summed E-state index contributed by atoms with van der Waals surface area (Å²) in [7, 11) is 0. The highest BCUT2D eigenvalue weighted by atomic mass is 32.2. The van der Waals surface area contributed by atoms with Crippen molar-refractivity contribution in [3.8, 4) is 11.1 Å². The van der Waals surface area contributed by atoms with Crippen molar-refractivity contribution in [2.45, 2.75) is 6.92 Å². The summed E-state index contributed by atoms with van der Waals surface area (Å²) in [6.45, 7) is 1.81. The van der Waals surface area contributed by atoms with Gasteiger partial charge < -0.3 is 5.32 Å². The van der Waals surface area contributed by atoms with E-state index in [1.165, 1.54) is 16.7 Å². The van der Waals surface area contributed by atoms with Gasteiger partial charge in [-0.2, -0.15) is 0 Å². The molecule has 0 unspecified atom stereocenters. The number of amides is 2. The quantitative estimate of drug-likeness (QED) is 0.347. The molecule has 1 saturated heterocycles. The van der Waals surface area contributed by atoms with Crippen LogP contribution in [0.1, 0.15) is 12.5 Å². The molecule has 4 rings (SSSR count). The molecule has 0 spiro atoms. The molecule has 0 radical (unpaired) electrons. The summed E-state index contributed by atoms with van der Waals surface area (Å²) in [6.07, 6.45) is 3.81. The molecule has 3 aromatic carbocycles. The van der Waals surface area contributed by atoms with Gasteiger partial charge in [0.05, 0.1) is 4.91 Å². The largest absolute Gasteiger partial charge is 0.325 e. The normalized spacial score (nSPS) is 15.2. The molecule has 1 fully saturated rings. The van der Waals surface area contributed by atoms with Crippen molar-refractivity contribution < 1.29 is 9.59 Å². The minimum Gasteiger partial charge on any atom is -0.325 e. The van der Waals surface area contributed by atoms with E-state index in [9.17, 15) is 9.59 Å². The maximum atomic E-state index is 12.8. The predicted octanol–water partition coefficient (Wildman–Crippen LogP) is 6.14. The zero-order valence-electron chi connectivity index (χ0n) is 18.0. The average Bonchev–Trinajstić information content (AvgIpc) is 3.08. The van der Waals surface area contributed by atoms with Crippen LogP contribution in [-0.4, -0.2) is 27.6 Å². The lowest BCUT2D eigenvalue weighted by atomic mass is 10.1. The van der Waals surface area contributed by atoms with Gasteiger partial charge in [0.2, 0.25) is 5.91 Å². The Hall–Kier alpha value is -3.48. The Labute approximate surface area is 203 Å². The fourth-order valence-corrected chi connectivity index (χ4v) is 4.72. The maximum absolute atomic E-state index is 12.8. The molecule has 3 aromatic rings. The van der Waals surface area contributed by atoms with Gasteiger partial charge in [0, 0.05) is 5.69 Å². The molecule has 0 bridgehead atoms. The third-order valence-corrected chi connectivity index (χ3v) is 6.38. The molecule has 0 atom stereocenters. The van der Waals surface area contributed by atoms with Crippen molar-refractivity contribution in [3.05, 3.63) is 107 Å². The number of carbonyl (C=O) groups is 2. The second-order valence-electron chi connectivity index (χ2n) is 7.56. The lowest BCUT2D eigenvalue weighted by Gasteiger charge is -2.14. The van der Waals surface area contributed by atoms with Crippen LogP contribution in [0.5, 0.6) is 0 Å². The Morgan fingerprint density at radius 1 is 0.939 bits per heavy atom. The number of thiocarbonyl (C=S) groups is 1. The molecular weight excluding hydrogens is 448 g/mol. The number of nitrogens with one attached hydrogen (secondary N) is 1. The Morgan fingerprint density at radius 2 is 1.55 bits per heavy atom. The van der Waals surface area contributed by atoms with Crippen LogP contribution < -0.4 is 5.32 Å². The minimum atomic E-state index is -0.295. The summed E-state index contributed by atoms with van der Waals surface area (Å²) in [5.41, 5.74) is 4.83. The molecule has 0 saturated carbocycles. The average molecular weight is 471 g/mol. The zero-order chi connectivity index (χ0) is 23.2. The summed E-state index contributed by atoms with van der Waals surface area (Å²) in [5, 5.41) is 2.84. The van der Waals surface area contributed by atoms with Gasteiger partial charge in [-0.25, -0.2) is 0 Å². The van der Waals surface area contributed by atoms with Gasteiger partial charge in [0.15, 0.2) is 0 Å². The number of nitrogens with zero attached hydrogens (tertiary/aromatic N) is 1. The molecule has 0 aliphatic carbocycles. The van der Waals surface area contributed by atoms with E-state index in [4.69, 9.17) is 12.2 Å². The van der Waals surface area contributed by atoms with E-state index >= 15 is 0 Å². The van der Waals surface area contributed by atoms with E-state index < -0.39 is 0 Å². The van der Waals surface area contributed by atoms with E-state index in [0.29, 0.717) is 14.9 Å². The number of rotatable bonds is 6. The highest BCUT2D eigenvalue weighted by molar-refractivity contribution is 8.26. The van der Waals surface area contributed by atoms with Gasteiger partial charge in [0.1, 0.15) is 10.9 Å². The maximum Gasteiger partial charge on any atom is 0.266 e. The first-order valence-electron chi connectivity index (χ1n) is 10.4. The highest BCUT2D eigenvalue weighted by Gasteiger charge is 2.33. The van der Waals surface area contributed by atoms with Crippen LogP contribution in [0.3, 0.4) is 0 Å². The van der Waals surface area contributed by atoms with Crippen molar-refractivity contribution in [1.29, 1.82) is 0 Å². The zero-order valence-corrected chi connectivity index (χ0v) is 19.7. The first-order chi connectivity index (χ1) is 16.0. The first-order valence-corrected chi connectivity index (χ1v) is 11.7. The van der Waals surface area contributed by atoms with Crippen molar-refractivity contribution in [1.82, 2.24) is 4.90 Å². The number of benzene rings is 3. The van der Waals surface area contributed by atoms with Crippen LogP contribution in [0, 0.1) is 0 Å². The Morgan fingerprint density at radius 3 is 2.21 bits per heavy atom. The molecule has 33 heavy (non-hydrogen) atoms. The number of hydrogen-bond donors (Lipinski definition) is 1. The Balaban J connectivity index is 1.38. The van der Waals surface area contributed by atoms with Gasteiger partial charge >= 0.3 is 0 Å². The van der Waals surface area contributed by atoms with E-state index in [-0.39, 0.29) is 18.4 Å². The van der Waals surface area contributed by atoms with Crippen molar-refractivity contribution in [2.75, 3.05) is 11.9 Å². The van der Waals surface area contributed by atoms with Crippen LogP contribution in [-0.2, 0) is 9.59 Å². The molecule has 1 aliphatic rings. The molecule has 6 heteroatoms. The van der Waals surface area contributed by atoms with Crippen LogP contribution in [0.15, 0.2) is 101 Å². The van der Waals surface area contributed by atoms with Crippen LogP contribution in [0.2, 0.25) is 0 Å². The molecule has 2 amide bonds. The summed E-state index contributed by atoms with van der Waals surface area (Å²) in [4.78, 5) is 27.3. The van der Waals surface area contributed by atoms with Gasteiger partial charge in [-0.15, -0.1) is 0 Å². The summed E-state index contributed by atoms with van der Waals surface area (Å²) in [6, 6.07) is 27.5. The minimum absolute atomic E-state index is 0.121. The SMILES string of the molecule is CC(/C=C1\SC(=S)N(CC(=O)Nc2ccc(-c3ccccc3)cc2)C1=O)=C\c1ccccc1. The second-order valence-corrected chi connectivity index (χ2v) is 9.23. The molecule has 4 nitrogen and oxygen atoms in total. The summed E-state index contributed by atoms with van der Waals surface area (Å²) >= 11 is 6.58. The second kappa shape index (κ2) is 10.4. The number of carbonyl (C=O) groups excluding carboxylic acids is 2. The number of hydrogen-bond acceptors (Lipinski definition) is 4. The van der Waals surface area contributed by atoms with Crippen LogP contribution in [0.25, 0.3) is 17.2 Å². The van der Waals surface area contributed by atoms with Crippen molar-refractivity contribution in [3.63, 3.8) is 0 Å². The molecule has 0 aromatic heterocycles. The summed E-state index contributed by atoms with van der Waals surface area (Å²) in [5.74, 6) is -0.544. The van der Waals surface area contributed by atoms with Gasteiger partial charge in [-0.05, 0) is 47.4 Å². The number of thioether (sulfide) groups is 1. The lowest BCUT2D eigenvalue weighted by Crippen LogP contribution is -2.36. The lowest BCUT2D eigenvalue weighted by molar-refractivity contribution is -0.126. The van der Waals surface area contributed by atoms with Crippen molar-refractivity contribution >= 4 is 51.9 Å². The van der Waals surface area contributed by atoms with E-state index in [2.05, 4.69) is 5.32 Å². The van der Waals surface area contributed by atoms with Gasteiger partial charge in [-0.1, -0.05) is 103 Å². The fraction of sp³-hybridized carbons (Fsp3) is 0.0741. The Bertz CT molecular complexity index is 1230. The molecule has 164 valence electrons. The third kappa shape index (κ3) is 5.86. The Kier molecular flexibility index (Phi) is 7.17. The topological polar surface area (TPSA) is 49.4 Å². The smallest absolute Gasteiger partial charge is 0.266 e. The first kappa shape index (κ1) is 22.7. The molecule has 1 aliphatic heterocycles. The number of allylic oxidation sites excluding steroid dienone is 2. The van der Waals surface area contributed by atoms with E-state index in [0.717, 1.165) is 22.3 Å². The monoisotopic (exact) mass is 470 g/mol. The molecule has 1 heterocycles. The number of anilines is 1. The standard InChI is InChI=1S/C27H22N2O2S2/c1-19(16-20-8-4-2-5-9-20)17-24-26(31)29(27(32)33-24)18-25(30)28-23-14-12-22(13-15-23)21-10-6-3-7-11-21/h2-17H,18H2,1H3,(H,28,30)/b19-16+,24-17-. The van der Waals surface area contributed by atoms with Gasteiger partial charge in [0.25, 0.3) is 5.91 Å². The molecule has 1 N–H and O–H groups in total. The highest BCUT2D eigenvalue weighted by Crippen LogP contribution is 2.32. The third-order valence-electron chi connectivity index (χ3n) is 5.00. The summed E-state index contributed by atoms with van der Waals surface area (Å²) < 4.78 is 0.383. The van der Waals surface area contributed by atoms with Crippen LogP contribution in [0.4, 0.5) is 5.69 Å². The fourth-order valence-electron chi connectivity index (χ4n) is 3.42.